The van der Waals surface area contributed by atoms with Gasteiger partial charge in [-0.3, -0.25) is 4.79 Å². The molecule has 0 bridgehead atoms. The van der Waals surface area contributed by atoms with Gasteiger partial charge in [-0.15, -0.1) is 0 Å². The van der Waals surface area contributed by atoms with Crippen LogP contribution in [0.3, 0.4) is 0 Å². The van der Waals surface area contributed by atoms with E-state index in [2.05, 4.69) is 20.7 Å². The number of rotatable bonds is 5. The molecule has 9 heteroatoms. The van der Waals surface area contributed by atoms with Crippen LogP contribution in [0.25, 0.3) is 6.08 Å². The first-order valence-electron chi connectivity index (χ1n) is 7.07. The minimum absolute atomic E-state index is 0.0525. The Labute approximate surface area is 147 Å². The predicted octanol–water partition coefficient (Wildman–Crippen LogP) is 2.71. The fourth-order valence-corrected chi connectivity index (χ4v) is 4.55. The second-order valence-corrected chi connectivity index (χ2v) is 8.54. The Bertz CT molecular complexity index is 752. The highest BCUT2D eigenvalue weighted by molar-refractivity contribution is 9.10. The SMILES string of the molecule is CN(C(=O)/C=C/c1cc(Br)ccc1OC(F)F)C1CCS(=O)(=O)C1. The van der Waals surface area contributed by atoms with Crippen LogP contribution >= 0.6 is 15.9 Å². The Morgan fingerprint density at radius 3 is 2.75 bits per heavy atom. The van der Waals surface area contributed by atoms with Crippen LogP contribution in [-0.2, 0) is 14.6 Å². The number of benzene rings is 1. The summed E-state index contributed by atoms with van der Waals surface area (Å²) in [5.41, 5.74) is 0.311. The van der Waals surface area contributed by atoms with E-state index in [4.69, 9.17) is 0 Å². The third-order valence-electron chi connectivity index (χ3n) is 3.70. The summed E-state index contributed by atoms with van der Waals surface area (Å²) in [6, 6.07) is 4.09. The van der Waals surface area contributed by atoms with Gasteiger partial charge in [0.2, 0.25) is 5.91 Å². The van der Waals surface area contributed by atoms with Crippen molar-refractivity contribution in [3.8, 4) is 5.75 Å². The molecule has 1 amide bonds. The minimum Gasteiger partial charge on any atom is -0.434 e. The van der Waals surface area contributed by atoms with Crippen molar-refractivity contribution >= 4 is 37.8 Å². The number of sulfone groups is 1. The van der Waals surface area contributed by atoms with Gasteiger partial charge in [0, 0.05) is 29.2 Å². The van der Waals surface area contributed by atoms with Crippen molar-refractivity contribution < 1.29 is 26.7 Å². The van der Waals surface area contributed by atoms with E-state index in [0.29, 0.717) is 16.5 Å². The predicted molar refractivity (Wildman–Crippen MR) is 89.6 cm³/mol. The van der Waals surface area contributed by atoms with E-state index in [0.717, 1.165) is 0 Å². The lowest BCUT2D eigenvalue weighted by Crippen LogP contribution is -2.36. The number of likely N-dealkylation sites (N-methyl/N-ethyl adjacent to an activating group) is 1. The van der Waals surface area contributed by atoms with Crippen LogP contribution in [0.15, 0.2) is 28.7 Å². The summed E-state index contributed by atoms with van der Waals surface area (Å²) in [6.45, 7) is -2.97. The molecule has 0 saturated carbocycles. The first-order chi connectivity index (χ1) is 11.2. The molecule has 0 radical (unpaired) electrons. The van der Waals surface area contributed by atoms with E-state index in [9.17, 15) is 22.0 Å². The number of ether oxygens (including phenoxy) is 1. The molecule has 1 aliphatic rings. The summed E-state index contributed by atoms with van der Waals surface area (Å²) in [4.78, 5) is 13.5. The zero-order chi connectivity index (χ0) is 17.9. The summed E-state index contributed by atoms with van der Waals surface area (Å²) < 4.78 is 52.9. The van der Waals surface area contributed by atoms with Crippen LogP contribution in [0.5, 0.6) is 5.75 Å². The van der Waals surface area contributed by atoms with Crippen LogP contribution in [0.2, 0.25) is 0 Å². The lowest BCUT2D eigenvalue weighted by molar-refractivity contribution is -0.126. The molecule has 1 heterocycles. The summed E-state index contributed by atoms with van der Waals surface area (Å²) in [7, 11) is -1.57. The van der Waals surface area contributed by atoms with Crippen molar-refractivity contribution in [1.82, 2.24) is 4.90 Å². The Balaban J connectivity index is 2.12. The molecule has 0 aliphatic carbocycles. The topological polar surface area (TPSA) is 63.7 Å². The molecule has 0 N–H and O–H groups in total. The number of halogens is 3. The van der Waals surface area contributed by atoms with Crippen LogP contribution in [-0.4, -0.2) is 50.4 Å². The largest absolute Gasteiger partial charge is 0.434 e. The molecule has 1 aromatic rings. The lowest BCUT2D eigenvalue weighted by atomic mass is 10.1. The molecule has 0 aromatic heterocycles. The standard InChI is InChI=1S/C15H16BrF2NO4S/c1-19(12-6-7-24(21,22)9-12)14(20)5-2-10-8-11(16)3-4-13(10)23-15(17)18/h2-5,8,12,15H,6-7,9H2,1H3/b5-2+. The van der Waals surface area contributed by atoms with E-state index in [1.807, 2.05) is 0 Å². The van der Waals surface area contributed by atoms with Gasteiger partial charge in [0.1, 0.15) is 5.75 Å². The zero-order valence-corrected chi connectivity index (χ0v) is 15.2. The van der Waals surface area contributed by atoms with Crippen molar-refractivity contribution in [2.24, 2.45) is 0 Å². The van der Waals surface area contributed by atoms with Crippen molar-refractivity contribution in [2.45, 2.75) is 19.1 Å². The third kappa shape index (κ3) is 5.01. The Hall–Kier alpha value is -1.48. The van der Waals surface area contributed by atoms with Crippen LogP contribution in [0.4, 0.5) is 8.78 Å². The average Bonchev–Trinajstić information content (AvgIpc) is 2.86. The first kappa shape index (κ1) is 18.9. The maximum atomic E-state index is 12.4. The number of carbonyl (C=O) groups is 1. The molecule has 1 atom stereocenters. The molecular weight excluding hydrogens is 408 g/mol. The molecule has 2 rings (SSSR count). The van der Waals surface area contributed by atoms with Crippen LogP contribution in [0.1, 0.15) is 12.0 Å². The van der Waals surface area contributed by atoms with E-state index < -0.39 is 22.4 Å². The Kier molecular flexibility index (Phi) is 5.97. The quantitative estimate of drug-likeness (QED) is 0.682. The maximum Gasteiger partial charge on any atom is 0.387 e. The summed E-state index contributed by atoms with van der Waals surface area (Å²) in [5, 5.41) is 0. The van der Waals surface area contributed by atoms with Gasteiger partial charge in [0.25, 0.3) is 0 Å². The molecule has 5 nitrogen and oxygen atoms in total. The van der Waals surface area contributed by atoms with E-state index >= 15 is 0 Å². The number of hydrogen-bond donors (Lipinski definition) is 0. The Morgan fingerprint density at radius 2 is 2.17 bits per heavy atom. The summed E-state index contributed by atoms with van der Waals surface area (Å²) in [5.74, 6) is -0.445. The van der Waals surface area contributed by atoms with E-state index in [1.54, 1.807) is 12.1 Å². The minimum atomic E-state index is -3.09. The summed E-state index contributed by atoms with van der Waals surface area (Å²) in [6.07, 6.45) is 2.98. The number of alkyl halides is 2. The van der Waals surface area contributed by atoms with Crippen LogP contribution in [0, 0.1) is 0 Å². The molecular formula is C15H16BrF2NO4S. The molecule has 24 heavy (non-hydrogen) atoms. The highest BCUT2D eigenvalue weighted by Gasteiger charge is 2.32. The van der Waals surface area contributed by atoms with Gasteiger partial charge in [-0.25, -0.2) is 8.42 Å². The molecule has 1 fully saturated rings. The highest BCUT2D eigenvalue weighted by Crippen LogP contribution is 2.26. The van der Waals surface area contributed by atoms with Gasteiger partial charge in [0.05, 0.1) is 11.5 Å². The molecule has 0 spiro atoms. The second-order valence-electron chi connectivity index (χ2n) is 5.40. The second kappa shape index (κ2) is 7.60. The maximum absolute atomic E-state index is 12.4. The van der Waals surface area contributed by atoms with Crippen molar-refractivity contribution in [1.29, 1.82) is 0 Å². The molecule has 132 valence electrons. The fourth-order valence-electron chi connectivity index (χ4n) is 2.39. The molecule has 1 unspecified atom stereocenters. The molecule has 1 saturated heterocycles. The fraction of sp³-hybridized carbons (Fsp3) is 0.400. The average molecular weight is 424 g/mol. The normalized spacial score (nSPS) is 19.8. The monoisotopic (exact) mass is 423 g/mol. The van der Waals surface area contributed by atoms with Crippen molar-refractivity contribution in [3.05, 3.63) is 34.3 Å². The molecule has 1 aliphatic heterocycles. The lowest BCUT2D eigenvalue weighted by Gasteiger charge is -2.21. The Morgan fingerprint density at radius 1 is 1.46 bits per heavy atom. The number of carbonyl (C=O) groups excluding carboxylic acids is 1. The third-order valence-corrected chi connectivity index (χ3v) is 5.94. The van der Waals surface area contributed by atoms with Gasteiger partial charge >= 0.3 is 6.61 Å². The van der Waals surface area contributed by atoms with Gasteiger partial charge in [-0.05, 0) is 30.7 Å². The number of amides is 1. The van der Waals surface area contributed by atoms with Gasteiger partial charge in [0.15, 0.2) is 9.84 Å². The van der Waals surface area contributed by atoms with Gasteiger partial charge in [-0.2, -0.15) is 8.78 Å². The molecule has 1 aromatic carbocycles. The number of nitrogens with zero attached hydrogens (tertiary/aromatic N) is 1. The highest BCUT2D eigenvalue weighted by atomic mass is 79.9. The summed E-state index contributed by atoms with van der Waals surface area (Å²) >= 11 is 3.23. The smallest absolute Gasteiger partial charge is 0.387 e. The van der Waals surface area contributed by atoms with E-state index in [1.165, 1.54) is 30.2 Å². The van der Waals surface area contributed by atoms with Crippen molar-refractivity contribution in [2.75, 3.05) is 18.6 Å². The zero-order valence-electron chi connectivity index (χ0n) is 12.8. The number of hydrogen-bond acceptors (Lipinski definition) is 4. The van der Waals surface area contributed by atoms with E-state index in [-0.39, 0.29) is 23.3 Å². The van der Waals surface area contributed by atoms with Gasteiger partial charge in [-0.1, -0.05) is 15.9 Å². The van der Waals surface area contributed by atoms with Gasteiger partial charge < -0.3 is 9.64 Å². The van der Waals surface area contributed by atoms with Crippen molar-refractivity contribution in [3.63, 3.8) is 0 Å². The van der Waals surface area contributed by atoms with Crippen LogP contribution < -0.4 is 4.74 Å². The first-order valence-corrected chi connectivity index (χ1v) is 9.69.